The molecule has 0 radical (unpaired) electrons. The zero-order valence-electron chi connectivity index (χ0n) is 13.0. The number of benzene rings is 1. The minimum absolute atomic E-state index is 0.0373. The van der Waals surface area contributed by atoms with Gasteiger partial charge in [0.2, 0.25) is 11.0 Å². The predicted molar refractivity (Wildman–Crippen MR) is 91.1 cm³/mol. The molecule has 0 bridgehead atoms. The van der Waals surface area contributed by atoms with E-state index in [0.717, 1.165) is 6.54 Å². The van der Waals surface area contributed by atoms with Crippen LogP contribution >= 0.6 is 23.1 Å². The van der Waals surface area contributed by atoms with Crippen LogP contribution in [0.5, 0.6) is 5.75 Å². The summed E-state index contributed by atoms with van der Waals surface area (Å²) in [5.41, 5.74) is 0.500. The molecule has 0 spiro atoms. The minimum Gasteiger partial charge on any atom is -0.435 e. The van der Waals surface area contributed by atoms with Crippen molar-refractivity contribution in [2.45, 2.75) is 30.0 Å². The van der Waals surface area contributed by atoms with Crippen molar-refractivity contribution in [3.8, 4) is 5.75 Å². The molecule has 0 aliphatic heterocycles. The van der Waals surface area contributed by atoms with Crippen LogP contribution in [-0.2, 0) is 4.79 Å². The summed E-state index contributed by atoms with van der Waals surface area (Å²) >= 11 is 2.68. The van der Waals surface area contributed by atoms with Crippen LogP contribution in [-0.4, -0.2) is 34.5 Å². The molecule has 2 N–H and O–H groups in total. The Balaban J connectivity index is 1.88. The average molecular weight is 374 g/mol. The van der Waals surface area contributed by atoms with Gasteiger partial charge in [-0.3, -0.25) is 4.79 Å². The van der Waals surface area contributed by atoms with Crippen molar-refractivity contribution >= 4 is 39.8 Å². The summed E-state index contributed by atoms with van der Waals surface area (Å²) in [7, 11) is 0. The second kappa shape index (κ2) is 8.78. The molecule has 0 aliphatic rings. The summed E-state index contributed by atoms with van der Waals surface area (Å²) in [5.74, 6) is -0.182. The third kappa shape index (κ3) is 5.60. The van der Waals surface area contributed by atoms with Crippen molar-refractivity contribution in [2.24, 2.45) is 0 Å². The molecule has 0 saturated carbocycles. The second-order valence-electron chi connectivity index (χ2n) is 4.56. The number of rotatable bonds is 8. The first-order valence-corrected chi connectivity index (χ1v) is 8.77. The highest BCUT2D eigenvalue weighted by atomic mass is 32.2. The maximum absolute atomic E-state index is 12.2. The summed E-state index contributed by atoms with van der Waals surface area (Å²) in [6.45, 7) is 1.59. The SMILES string of the molecule is CCNc1nnc(SC(C)C(=O)Nc2ccc(OC(F)F)cc2)s1. The fourth-order valence-corrected chi connectivity index (χ4v) is 3.61. The van der Waals surface area contributed by atoms with E-state index in [1.54, 1.807) is 6.92 Å². The van der Waals surface area contributed by atoms with Crippen LogP contribution < -0.4 is 15.4 Å². The summed E-state index contributed by atoms with van der Waals surface area (Å²) in [6, 6.07) is 5.74. The molecule has 24 heavy (non-hydrogen) atoms. The quantitative estimate of drug-likeness (QED) is 0.687. The van der Waals surface area contributed by atoms with Crippen LogP contribution in [0.2, 0.25) is 0 Å². The summed E-state index contributed by atoms with van der Waals surface area (Å²) in [5, 5.41) is 14.1. The lowest BCUT2D eigenvalue weighted by molar-refractivity contribution is -0.115. The number of nitrogens with zero attached hydrogens (tertiary/aromatic N) is 2. The van der Waals surface area contributed by atoms with Crippen LogP contribution in [0.4, 0.5) is 19.6 Å². The second-order valence-corrected chi connectivity index (χ2v) is 7.12. The van der Waals surface area contributed by atoms with Crippen molar-refractivity contribution in [1.29, 1.82) is 0 Å². The lowest BCUT2D eigenvalue weighted by atomic mass is 10.3. The molecular weight excluding hydrogens is 358 g/mol. The normalized spacial score (nSPS) is 12.0. The number of carbonyl (C=O) groups is 1. The van der Waals surface area contributed by atoms with Gasteiger partial charge in [-0.2, -0.15) is 8.78 Å². The number of alkyl halides is 2. The highest BCUT2D eigenvalue weighted by molar-refractivity contribution is 8.02. The monoisotopic (exact) mass is 374 g/mol. The van der Waals surface area contributed by atoms with Gasteiger partial charge in [-0.25, -0.2) is 0 Å². The molecule has 2 rings (SSSR count). The van der Waals surface area contributed by atoms with Crippen LogP contribution in [0.15, 0.2) is 28.6 Å². The number of nitrogens with one attached hydrogen (secondary N) is 2. The van der Waals surface area contributed by atoms with E-state index >= 15 is 0 Å². The first-order chi connectivity index (χ1) is 11.5. The minimum atomic E-state index is -2.87. The fraction of sp³-hybridized carbons (Fsp3) is 0.357. The molecular formula is C14H16F2N4O2S2. The molecule has 1 heterocycles. The van der Waals surface area contributed by atoms with E-state index in [1.165, 1.54) is 47.4 Å². The van der Waals surface area contributed by atoms with E-state index in [4.69, 9.17) is 0 Å². The van der Waals surface area contributed by atoms with E-state index < -0.39 is 6.61 Å². The Morgan fingerprint density at radius 2 is 2.04 bits per heavy atom. The Bertz CT molecular complexity index is 667. The summed E-state index contributed by atoms with van der Waals surface area (Å²) < 4.78 is 29.1. The molecule has 130 valence electrons. The van der Waals surface area contributed by atoms with Gasteiger partial charge in [0.15, 0.2) is 4.34 Å². The Hall–Kier alpha value is -1.94. The molecule has 0 aliphatic carbocycles. The fourth-order valence-electron chi connectivity index (χ4n) is 1.65. The lowest BCUT2D eigenvalue weighted by Crippen LogP contribution is -2.22. The van der Waals surface area contributed by atoms with Crippen molar-refractivity contribution in [3.63, 3.8) is 0 Å². The van der Waals surface area contributed by atoms with E-state index in [9.17, 15) is 13.6 Å². The third-order valence-corrected chi connectivity index (χ3v) is 4.79. The van der Waals surface area contributed by atoms with Crippen molar-refractivity contribution in [2.75, 3.05) is 17.2 Å². The number of anilines is 2. The molecule has 6 nitrogen and oxygen atoms in total. The number of halogens is 2. The number of amides is 1. The van der Waals surface area contributed by atoms with Gasteiger partial charge in [-0.15, -0.1) is 10.2 Å². The smallest absolute Gasteiger partial charge is 0.387 e. The van der Waals surface area contributed by atoms with Crippen LogP contribution in [0.1, 0.15) is 13.8 Å². The molecule has 2 aromatic rings. The maximum atomic E-state index is 12.2. The maximum Gasteiger partial charge on any atom is 0.387 e. The molecule has 0 saturated heterocycles. The van der Waals surface area contributed by atoms with E-state index in [0.29, 0.717) is 15.2 Å². The molecule has 10 heteroatoms. The number of hydrogen-bond donors (Lipinski definition) is 2. The predicted octanol–water partition coefficient (Wildman–Crippen LogP) is 3.69. The zero-order valence-corrected chi connectivity index (χ0v) is 14.6. The van der Waals surface area contributed by atoms with Gasteiger partial charge in [0.05, 0.1) is 5.25 Å². The zero-order chi connectivity index (χ0) is 17.5. The molecule has 1 atom stereocenters. The van der Waals surface area contributed by atoms with Crippen molar-refractivity contribution in [3.05, 3.63) is 24.3 Å². The molecule has 1 unspecified atom stereocenters. The van der Waals surface area contributed by atoms with Gasteiger partial charge in [-0.05, 0) is 38.1 Å². The van der Waals surface area contributed by atoms with Crippen LogP contribution in [0, 0.1) is 0 Å². The van der Waals surface area contributed by atoms with Gasteiger partial charge in [0.1, 0.15) is 5.75 Å². The number of hydrogen-bond acceptors (Lipinski definition) is 7. The molecule has 1 aromatic carbocycles. The van der Waals surface area contributed by atoms with Crippen LogP contribution in [0.25, 0.3) is 0 Å². The number of carbonyl (C=O) groups excluding carboxylic acids is 1. The Labute approximate surface area is 146 Å². The Kier molecular flexibility index (Phi) is 6.73. The highest BCUT2D eigenvalue weighted by Crippen LogP contribution is 2.29. The van der Waals surface area contributed by atoms with Gasteiger partial charge in [0, 0.05) is 12.2 Å². The number of thioether (sulfide) groups is 1. The van der Waals surface area contributed by atoms with Crippen molar-refractivity contribution < 1.29 is 18.3 Å². The molecule has 1 amide bonds. The summed E-state index contributed by atoms with van der Waals surface area (Å²) in [6.07, 6.45) is 0. The highest BCUT2D eigenvalue weighted by Gasteiger charge is 2.17. The van der Waals surface area contributed by atoms with E-state index in [-0.39, 0.29) is 16.9 Å². The lowest BCUT2D eigenvalue weighted by Gasteiger charge is -2.11. The first-order valence-electron chi connectivity index (χ1n) is 7.07. The van der Waals surface area contributed by atoms with Crippen LogP contribution in [0.3, 0.4) is 0 Å². The van der Waals surface area contributed by atoms with Gasteiger partial charge in [-0.1, -0.05) is 23.1 Å². The van der Waals surface area contributed by atoms with E-state index in [1.807, 2.05) is 6.92 Å². The van der Waals surface area contributed by atoms with Crippen molar-refractivity contribution in [1.82, 2.24) is 10.2 Å². The average Bonchev–Trinajstić information content (AvgIpc) is 2.96. The third-order valence-electron chi connectivity index (χ3n) is 2.73. The number of ether oxygens (including phenoxy) is 1. The van der Waals surface area contributed by atoms with Gasteiger partial charge < -0.3 is 15.4 Å². The standard InChI is InChI=1S/C14H16F2N4O2S2/c1-3-17-13-19-20-14(24-13)23-8(2)11(21)18-9-4-6-10(7-5-9)22-12(15)16/h4-8,12H,3H2,1-2H3,(H,17,19)(H,18,21). The molecule has 1 aromatic heterocycles. The molecule has 0 fully saturated rings. The van der Waals surface area contributed by atoms with Gasteiger partial charge in [0.25, 0.3) is 0 Å². The first kappa shape index (κ1) is 18.4. The van der Waals surface area contributed by atoms with E-state index in [2.05, 4.69) is 25.6 Å². The Morgan fingerprint density at radius 3 is 2.67 bits per heavy atom. The topological polar surface area (TPSA) is 76.1 Å². The largest absolute Gasteiger partial charge is 0.435 e. The summed E-state index contributed by atoms with van der Waals surface area (Å²) in [4.78, 5) is 12.2. The Morgan fingerprint density at radius 1 is 1.33 bits per heavy atom. The number of aromatic nitrogens is 2. The van der Waals surface area contributed by atoms with Gasteiger partial charge >= 0.3 is 6.61 Å².